The molecule has 0 aliphatic heterocycles. The molecule has 0 fully saturated rings. The lowest BCUT2D eigenvalue weighted by atomic mass is 10.2. The van der Waals surface area contributed by atoms with Crippen molar-refractivity contribution in [2.24, 2.45) is 0 Å². The Morgan fingerprint density at radius 3 is 2.64 bits per heavy atom. The van der Waals surface area contributed by atoms with E-state index in [-0.39, 0.29) is 6.54 Å². The first-order valence-electron chi connectivity index (χ1n) is 8.58. The average Bonchev–Trinajstić information content (AvgIpc) is 3.27. The molecule has 3 aromatic heterocycles. The standard InChI is InChI=1S/C19H17N5O2S2/c25-28(26,17-8-4-12-27-17)22-11-10-21-19-15-6-1-2-7-16(15)23-18(24-19)14-5-3-9-20-13-14/h1-9,12-13,22H,10-11H2,(H,21,23,24). The van der Waals surface area contributed by atoms with Crippen LogP contribution in [-0.2, 0) is 10.0 Å². The lowest BCUT2D eigenvalue weighted by molar-refractivity contribution is 0.585. The van der Waals surface area contributed by atoms with E-state index in [1.165, 1.54) is 11.3 Å². The van der Waals surface area contributed by atoms with Gasteiger partial charge in [-0.25, -0.2) is 23.1 Å². The van der Waals surface area contributed by atoms with Crippen molar-refractivity contribution in [1.29, 1.82) is 0 Å². The van der Waals surface area contributed by atoms with Crippen molar-refractivity contribution in [2.45, 2.75) is 4.21 Å². The Balaban J connectivity index is 1.53. The van der Waals surface area contributed by atoms with Crippen molar-refractivity contribution in [1.82, 2.24) is 19.7 Å². The highest BCUT2D eigenvalue weighted by molar-refractivity contribution is 7.91. The molecule has 0 aliphatic rings. The first-order valence-corrected chi connectivity index (χ1v) is 10.9. The molecule has 0 bridgehead atoms. The Morgan fingerprint density at radius 2 is 1.86 bits per heavy atom. The minimum Gasteiger partial charge on any atom is -0.368 e. The average molecular weight is 412 g/mol. The van der Waals surface area contributed by atoms with Gasteiger partial charge in [0.2, 0.25) is 10.0 Å². The van der Waals surface area contributed by atoms with Gasteiger partial charge in [0.25, 0.3) is 0 Å². The van der Waals surface area contributed by atoms with Gasteiger partial charge in [0.15, 0.2) is 5.82 Å². The van der Waals surface area contributed by atoms with E-state index >= 15 is 0 Å². The molecule has 142 valence electrons. The van der Waals surface area contributed by atoms with Crippen molar-refractivity contribution < 1.29 is 8.42 Å². The number of rotatable bonds is 7. The number of fused-ring (bicyclic) bond motifs is 1. The molecule has 4 rings (SSSR count). The number of nitrogens with one attached hydrogen (secondary N) is 2. The maximum Gasteiger partial charge on any atom is 0.250 e. The van der Waals surface area contributed by atoms with Gasteiger partial charge in [0, 0.05) is 36.4 Å². The molecule has 0 spiro atoms. The van der Waals surface area contributed by atoms with Crippen molar-refractivity contribution in [2.75, 3.05) is 18.4 Å². The second-order valence-corrected chi connectivity index (χ2v) is 8.85. The minimum atomic E-state index is -3.48. The first-order chi connectivity index (χ1) is 13.6. The van der Waals surface area contributed by atoms with Crippen molar-refractivity contribution in [3.05, 3.63) is 66.3 Å². The van der Waals surface area contributed by atoms with Gasteiger partial charge in [-0.2, -0.15) is 0 Å². The summed E-state index contributed by atoms with van der Waals surface area (Å²) in [6.07, 6.45) is 3.41. The molecule has 0 unspecified atom stereocenters. The smallest absolute Gasteiger partial charge is 0.250 e. The van der Waals surface area contributed by atoms with Crippen LogP contribution in [0.3, 0.4) is 0 Å². The van der Waals surface area contributed by atoms with Crippen LogP contribution in [0.4, 0.5) is 5.82 Å². The largest absolute Gasteiger partial charge is 0.368 e. The maximum absolute atomic E-state index is 12.2. The number of aromatic nitrogens is 3. The van der Waals surface area contributed by atoms with E-state index in [1.807, 2.05) is 36.4 Å². The molecule has 9 heteroatoms. The predicted molar refractivity (Wildman–Crippen MR) is 111 cm³/mol. The van der Waals surface area contributed by atoms with Gasteiger partial charge in [-0.15, -0.1) is 11.3 Å². The molecule has 0 radical (unpaired) electrons. The monoisotopic (exact) mass is 411 g/mol. The normalized spacial score (nSPS) is 11.6. The lowest BCUT2D eigenvalue weighted by Crippen LogP contribution is -2.28. The number of pyridine rings is 1. The number of anilines is 1. The number of hydrogen-bond donors (Lipinski definition) is 2. The highest BCUT2D eigenvalue weighted by Gasteiger charge is 2.14. The summed E-state index contributed by atoms with van der Waals surface area (Å²) in [7, 11) is -3.48. The summed E-state index contributed by atoms with van der Waals surface area (Å²) in [5.41, 5.74) is 1.62. The zero-order valence-corrected chi connectivity index (χ0v) is 16.4. The van der Waals surface area contributed by atoms with E-state index in [0.717, 1.165) is 16.5 Å². The minimum absolute atomic E-state index is 0.237. The van der Waals surface area contributed by atoms with Gasteiger partial charge >= 0.3 is 0 Å². The number of nitrogens with zero attached hydrogens (tertiary/aromatic N) is 3. The summed E-state index contributed by atoms with van der Waals surface area (Å²) < 4.78 is 27.3. The molecular formula is C19H17N5O2S2. The summed E-state index contributed by atoms with van der Waals surface area (Å²) in [5, 5.41) is 5.83. The van der Waals surface area contributed by atoms with Crippen molar-refractivity contribution in [3.8, 4) is 11.4 Å². The Bertz CT molecular complexity index is 1180. The van der Waals surface area contributed by atoms with Gasteiger partial charge in [-0.05, 0) is 35.7 Å². The predicted octanol–water partition coefficient (Wildman–Crippen LogP) is 3.14. The van der Waals surface area contributed by atoms with Crippen LogP contribution in [-0.4, -0.2) is 36.5 Å². The maximum atomic E-state index is 12.2. The Hall–Kier alpha value is -2.88. The third-order valence-corrected chi connectivity index (χ3v) is 6.85. The molecule has 2 N–H and O–H groups in total. The van der Waals surface area contributed by atoms with E-state index in [9.17, 15) is 8.42 Å². The van der Waals surface area contributed by atoms with Gasteiger partial charge in [0.1, 0.15) is 10.0 Å². The number of para-hydroxylation sites is 1. The van der Waals surface area contributed by atoms with Crippen LogP contribution in [0.2, 0.25) is 0 Å². The second kappa shape index (κ2) is 8.01. The van der Waals surface area contributed by atoms with Gasteiger partial charge in [-0.1, -0.05) is 18.2 Å². The van der Waals surface area contributed by atoms with E-state index in [4.69, 9.17) is 0 Å². The Labute approximate surface area is 166 Å². The van der Waals surface area contributed by atoms with Crippen molar-refractivity contribution >= 4 is 38.1 Å². The SMILES string of the molecule is O=S(=O)(NCCNc1nc(-c2cccnc2)nc2ccccc12)c1cccs1. The van der Waals surface area contributed by atoms with E-state index in [1.54, 1.807) is 29.9 Å². The summed E-state index contributed by atoms with van der Waals surface area (Å²) >= 11 is 1.19. The van der Waals surface area contributed by atoms with Gasteiger partial charge in [0.05, 0.1) is 5.52 Å². The van der Waals surface area contributed by atoms with Crippen molar-refractivity contribution in [3.63, 3.8) is 0 Å². The third-order valence-electron chi connectivity index (χ3n) is 3.99. The lowest BCUT2D eigenvalue weighted by Gasteiger charge is -2.11. The first kappa shape index (κ1) is 18.5. The molecule has 0 saturated heterocycles. The zero-order chi connectivity index (χ0) is 19.4. The van der Waals surface area contributed by atoms with E-state index in [0.29, 0.717) is 22.4 Å². The summed E-state index contributed by atoms with van der Waals surface area (Å²) in [5.74, 6) is 1.22. The fourth-order valence-corrected chi connectivity index (χ4v) is 4.76. The molecular weight excluding hydrogens is 394 g/mol. The van der Waals surface area contributed by atoms with Gasteiger partial charge < -0.3 is 5.32 Å². The molecule has 0 saturated carbocycles. The molecule has 0 amide bonds. The molecule has 1 aromatic carbocycles. The molecule has 0 atom stereocenters. The van der Waals surface area contributed by atoms with Crippen LogP contribution in [0.15, 0.2) is 70.5 Å². The van der Waals surface area contributed by atoms with Gasteiger partial charge in [-0.3, -0.25) is 4.98 Å². The summed E-state index contributed by atoms with van der Waals surface area (Å²) in [6, 6.07) is 14.7. The summed E-state index contributed by atoms with van der Waals surface area (Å²) in [6.45, 7) is 0.624. The van der Waals surface area contributed by atoms with Crippen LogP contribution in [0.5, 0.6) is 0 Å². The number of sulfonamides is 1. The highest BCUT2D eigenvalue weighted by Crippen LogP contribution is 2.24. The topological polar surface area (TPSA) is 96.9 Å². The quantitative estimate of drug-likeness (QED) is 0.454. The van der Waals surface area contributed by atoms with Crippen LogP contribution < -0.4 is 10.0 Å². The number of benzene rings is 1. The Kier molecular flexibility index (Phi) is 5.29. The molecule has 28 heavy (non-hydrogen) atoms. The highest BCUT2D eigenvalue weighted by atomic mass is 32.2. The Morgan fingerprint density at radius 1 is 0.964 bits per heavy atom. The van der Waals surface area contributed by atoms with E-state index < -0.39 is 10.0 Å². The third kappa shape index (κ3) is 4.01. The van der Waals surface area contributed by atoms with Crippen LogP contribution >= 0.6 is 11.3 Å². The van der Waals surface area contributed by atoms with Crippen LogP contribution in [0, 0.1) is 0 Å². The number of hydrogen-bond acceptors (Lipinski definition) is 7. The fraction of sp³-hybridized carbons (Fsp3) is 0.105. The molecule has 7 nitrogen and oxygen atoms in total. The van der Waals surface area contributed by atoms with Crippen LogP contribution in [0.1, 0.15) is 0 Å². The molecule has 3 heterocycles. The molecule has 4 aromatic rings. The zero-order valence-electron chi connectivity index (χ0n) is 14.7. The van der Waals surface area contributed by atoms with Crippen LogP contribution in [0.25, 0.3) is 22.3 Å². The number of thiophene rings is 1. The fourth-order valence-electron chi connectivity index (χ4n) is 2.69. The second-order valence-electron chi connectivity index (χ2n) is 5.91. The van der Waals surface area contributed by atoms with E-state index in [2.05, 4.69) is 25.0 Å². The summed E-state index contributed by atoms with van der Waals surface area (Å²) in [4.78, 5) is 13.3. The molecule has 0 aliphatic carbocycles.